The molecule has 326 valence electrons. The van der Waals surface area contributed by atoms with Gasteiger partial charge in [-0.1, -0.05) is 0 Å². The van der Waals surface area contributed by atoms with Crippen LogP contribution in [-0.4, -0.2) is 5.43 Å². The SMILES string of the molecule is CCC1=CC2=C(C=CC=CC2c2ccc(-c3ccccc3)c(F)c2)[CH]1[Zr+2]([CH]1C(CC)=CC2=C1C=CC=CC2c1ccc(-c2ccccc2)c(F)c1)=[Si](c1ccccc1)c1ccccc1.[Cl-].[Cl-]. The summed E-state index contributed by atoms with van der Waals surface area (Å²) < 4.78 is 33.0. The predicted molar refractivity (Wildman–Crippen MR) is 262 cm³/mol. The number of benzene rings is 6. The molecule has 6 aromatic carbocycles. The molecule has 10 rings (SSSR count). The fourth-order valence-electron chi connectivity index (χ4n) is 10.5. The van der Waals surface area contributed by atoms with Crippen molar-refractivity contribution in [3.05, 3.63) is 275 Å². The zero-order valence-electron chi connectivity index (χ0n) is 37.0. The Morgan fingerprint density at radius 2 is 0.833 bits per heavy atom. The number of hydrogen-bond donors (Lipinski definition) is 0. The van der Waals surface area contributed by atoms with Gasteiger partial charge in [-0.2, -0.15) is 0 Å². The van der Waals surface area contributed by atoms with Crippen LogP contribution in [0.2, 0.25) is 7.25 Å². The molecular formula is C60H50Cl2F2SiZr. The van der Waals surface area contributed by atoms with Crippen molar-refractivity contribution in [1.29, 1.82) is 0 Å². The van der Waals surface area contributed by atoms with E-state index in [1.165, 1.54) is 43.8 Å². The van der Waals surface area contributed by atoms with Gasteiger partial charge in [-0.05, 0) is 0 Å². The summed E-state index contributed by atoms with van der Waals surface area (Å²) in [6, 6.07) is 54.2. The van der Waals surface area contributed by atoms with E-state index in [9.17, 15) is 0 Å². The Labute approximate surface area is 409 Å². The molecule has 0 spiro atoms. The third kappa shape index (κ3) is 9.11. The van der Waals surface area contributed by atoms with E-state index in [4.69, 9.17) is 0 Å². The molecule has 0 aliphatic heterocycles. The van der Waals surface area contributed by atoms with E-state index in [0.29, 0.717) is 18.4 Å². The third-order valence-electron chi connectivity index (χ3n) is 13.5. The van der Waals surface area contributed by atoms with Crippen molar-refractivity contribution in [2.24, 2.45) is 0 Å². The smallest absolute Gasteiger partial charge is 1.00 e. The zero-order chi connectivity index (χ0) is 43.6. The first-order chi connectivity index (χ1) is 31.5. The number of allylic oxidation sites excluding steroid dienone is 16. The van der Waals surface area contributed by atoms with E-state index in [1.54, 1.807) is 12.1 Å². The Hall–Kier alpha value is -5.22. The molecule has 0 aromatic heterocycles. The minimum atomic E-state index is -3.05. The molecule has 4 unspecified atom stereocenters. The molecule has 0 bridgehead atoms. The van der Waals surface area contributed by atoms with E-state index in [2.05, 4.69) is 147 Å². The van der Waals surface area contributed by atoms with Crippen LogP contribution >= 0.6 is 0 Å². The number of halogens is 4. The van der Waals surface area contributed by atoms with Gasteiger partial charge in [0.2, 0.25) is 0 Å². The summed E-state index contributed by atoms with van der Waals surface area (Å²) >= 11 is -3.05. The second kappa shape index (κ2) is 21.2. The average Bonchev–Trinajstić information content (AvgIpc) is 3.71. The van der Waals surface area contributed by atoms with Crippen molar-refractivity contribution in [3.63, 3.8) is 0 Å². The van der Waals surface area contributed by atoms with Crippen molar-refractivity contribution in [3.8, 4) is 22.3 Å². The van der Waals surface area contributed by atoms with Gasteiger partial charge < -0.3 is 24.8 Å². The molecule has 0 fully saturated rings. The van der Waals surface area contributed by atoms with Crippen LogP contribution in [0.25, 0.3) is 22.3 Å². The maximum atomic E-state index is 16.2. The van der Waals surface area contributed by atoms with Crippen molar-refractivity contribution >= 4 is 15.8 Å². The van der Waals surface area contributed by atoms with Gasteiger partial charge in [0.15, 0.2) is 0 Å². The van der Waals surface area contributed by atoms with Crippen LogP contribution in [0.5, 0.6) is 0 Å². The van der Waals surface area contributed by atoms with Crippen LogP contribution in [0, 0.1) is 11.6 Å². The van der Waals surface area contributed by atoms with Crippen LogP contribution in [0.1, 0.15) is 49.7 Å². The van der Waals surface area contributed by atoms with Crippen molar-refractivity contribution in [2.75, 3.05) is 0 Å². The molecule has 0 heterocycles. The Kier molecular flexibility index (Phi) is 15.2. The van der Waals surface area contributed by atoms with Gasteiger partial charge in [0.1, 0.15) is 0 Å². The van der Waals surface area contributed by atoms with E-state index >= 15 is 8.78 Å². The quantitative estimate of drug-likeness (QED) is 0.121. The molecule has 66 heavy (non-hydrogen) atoms. The molecule has 0 amide bonds. The monoisotopic (exact) mass is 996 g/mol. The fraction of sp³-hybridized carbons (Fsp3) is 0.133. The Morgan fingerprint density at radius 3 is 1.20 bits per heavy atom. The van der Waals surface area contributed by atoms with Crippen molar-refractivity contribution in [2.45, 2.75) is 45.8 Å². The molecule has 0 nitrogen and oxygen atoms in total. The molecule has 0 radical (unpaired) electrons. The zero-order valence-corrected chi connectivity index (χ0v) is 42.0. The van der Waals surface area contributed by atoms with Gasteiger partial charge in [0.05, 0.1) is 0 Å². The van der Waals surface area contributed by atoms with E-state index < -0.39 is 25.8 Å². The number of hydrogen-bond acceptors (Lipinski definition) is 0. The molecular weight excluding hydrogens is 949 g/mol. The molecule has 4 aliphatic carbocycles. The van der Waals surface area contributed by atoms with Gasteiger partial charge in [0.25, 0.3) is 0 Å². The average molecular weight is 999 g/mol. The molecule has 4 atom stereocenters. The first kappa shape index (κ1) is 47.3. The number of rotatable bonds is 10. The molecule has 6 heteroatoms. The first-order valence-electron chi connectivity index (χ1n) is 22.7. The van der Waals surface area contributed by atoms with Gasteiger partial charge in [-0.3, -0.25) is 0 Å². The second-order valence-corrected chi connectivity index (χ2v) is 31.1. The minimum absolute atomic E-state index is 0. The van der Waals surface area contributed by atoms with E-state index in [1.807, 2.05) is 72.8 Å². The van der Waals surface area contributed by atoms with Gasteiger partial charge in [-0.25, -0.2) is 0 Å². The van der Waals surface area contributed by atoms with Crippen LogP contribution in [0.4, 0.5) is 8.78 Å². The van der Waals surface area contributed by atoms with Crippen LogP contribution in [-0.2, 0) is 20.4 Å². The van der Waals surface area contributed by atoms with E-state index in [0.717, 1.165) is 35.1 Å². The Bertz CT molecular complexity index is 2830. The maximum absolute atomic E-state index is 16.2. The first-order valence-corrected chi connectivity index (χ1v) is 30.7. The molecule has 0 saturated carbocycles. The van der Waals surface area contributed by atoms with Crippen LogP contribution in [0.3, 0.4) is 0 Å². The summed E-state index contributed by atoms with van der Waals surface area (Å²) in [6.45, 7) is 4.67. The molecule has 4 aliphatic rings. The Morgan fingerprint density at radius 1 is 0.455 bits per heavy atom. The summed E-state index contributed by atoms with van der Waals surface area (Å²) in [5.74, 6) is -0.545. The standard InChI is InChI=1S/2C24H20F.C12H10Si.2ClH.Zr/c2*1-2-17-14-19-10-6-7-11-21(23(19)15-17)20-12-13-22(24(25)16-20)18-8-4-3-5-9-18;1-3-7-11(8-4-1)13-12-9-5-2-6-10-12;;;/h2*3-16,21H,2H2,1H3;1-10H;2*1H;/q;;;;;+2/p-2. The largest absolute Gasteiger partial charge is 1.00 e. The van der Waals surface area contributed by atoms with Crippen LogP contribution < -0.4 is 35.2 Å². The molecule has 0 saturated heterocycles. The van der Waals surface area contributed by atoms with Crippen molar-refractivity contribution < 1.29 is 54.0 Å². The summed E-state index contributed by atoms with van der Waals surface area (Å²) in [6.07, 6.45) is 25.1. The van der Waals surface area contributed by atoms with Gasteiger partial charge in [-0.15, -0.1) is 0 Å². The predicted octanol–water partition coefficient (Wildman–Crippen LogP) is 8.72. The van der Waals surface area contributed by atoms with Gasteiger partial charge in [0, 0.05) is 0 Å². The second-order valence-electron chi connectivity index (χ2n) is 17.0. The summed E-state index contributed by atoms with van der Waals surface area (Å²) in [5.41, 5.74) is 12.1. The van der Waals surface area contributed by atoms with E-state index in [-0.39, 0.29) is 48.3 Å². The third-order valence-corrected chi connectivity index (χ3v) is 34.2. The van der Waals surface area contributed by atoms with Crippen molar-refractivity contribution in [1.82, 2.24) is 0 Å². The summed E-state index contributed by atoms with van der Waals surface area (Å²) in [4.78, 5) is 0. The van der Waals surface area contributed by atoms with Crippen LogP contribution in [0.15, 0.2) is 252 Å². The maximum Gasteiger partial charge on any atom is -1.00 e. The molecule has 6 aromatic rings. The summed E-state index contributed by atoms with van der Waals surface area (Å²) in [7, 11) is 0. The van der Waals surface area contributed by atoms with Gasteiger partial charge >= 0.3 is 388 Å². The minimum Gasteiger partial charge on any atom is -1.00 e. The Balaban J connectivity index is 0.00000296. The normalized spacial score (nSPS) is 19.1. The summed E-state index contributed by atoms with van der Waals surface area (Å²) in [5, 5.41) is 2.94. The molecule has 0 N–H and O–H groups in total. The fourth-order valence-corrected chi connectivity index (χ4v) is 35.9. The topological polar surface area (TPSA) is 0 Å².